The summed E-state index contributed by atoms with van der Waals surface area (Å²) in [4.78, 5) is 20.1. The molecular formula is C9H10O4. The van der Waals surface area contributed by atoms with Gasteiger partial charge in [0.2, 0.25) is 0 Å². The van der Waals surface area contributed by atoms with Crippen molar-refractivity contribution >= 4 is 11.9 Å². The molecule has 0 bridgehead atoms. The van der Waals surface area contributed by atoms with E-state index in [1.165, 1.54) is 18.2 Å². The van der Waals surface area contributed by atoms with Gasteiger partial charge in [-0.25, -0.2) is 4.79 Å². The first-order valence-corrected chi connectivity index (χ1v) is 3.49. The molecule has 0 amide bonds. The molecule has 0 atom stereocenters. The van der Waals surface area contributed by atoms with E-state index in [0.29, 0.717) is 5.57 Å². The standard InChI is InChI=1S/C9H10O4/c1-7(6-9(12)13)4-2-3-5-8(10)11/h2-5H,1,6H2,(H,10,11)(H,12,13). The van der Waals surface area contributed by atoms with Crippen LogP contribution in [0.3, 0.4) is 0 Å². The summed E-state index contributed by atoms with van der Waals surface area (Å²) in [5, 5.41) is 16.5. The number of carbonyl (C=O) groups is 2. The molecule has 0 saturated heterocycles. The normalized spacial score (nSPS) is 10.8. The average Bonchev–Trinajstić information content (AvgIpc) is 1.96. The lowest BCUT2D eigenvalue weighted by atomic mass is 10.2. The minimum absolute atomic E-state index is 0.141. The van der Waals surface area contributed by atoms with Gasteiger partial charge in [0.1, 0.15) is 0 Å². The predicted octanol–water partition coefficient (Wildman–Crippen LogP) is 1.21. The molecule has 0 aliphatic heterocycles. The number of carboxylic acids is 2. The van der Waals surface area contributed by atoms with Gasteiger partial charge in [-0.05, 0) is 5.57 Å². The van der Waals surface area contributed by atoms with E-state index in [4.69, 9.17) is 10.2 Å². The van der Waals surface area contributed by atoms with Crippen LogP contribution in [0.5, 0.6) is 0 Å². The van der Waals surface area contributed by atoms with Crippen LogP contribution in [0.4, 0.5) is 0 Å². The molecule has 0 aromatic heterocycles. The van der Waals surface area contributed by atoms with Gasteiger partial charge in [0.25, 0.3) is 0 Å². The molecular weight excluding hydrogens is 172 g/mol. The minimum Gasteiger partial charge on any atom is -0.481 e. The first-order chi connectivity index (χ1) is 6.02. The Morgan fingerprint density at radius 1 is 1.15 bits per heavy atom. The van der Waals surface area contributed by atoms with Crippen LogP contribution < -0.4 is 0 Å². The van der Waals surface area contributed by atoms with Gasteiger partial charge in [-0.3, -0.25) is 4.79 Å². The van der Waals surface area contributed by atoms with Crippen LogP contribution in [0.1, 0.15) is 6.42 Å². The first kappa shape index (κ1) is 11.2. The summed E-state index contributed by atoms with van der Waals surface area (Å²) in [5.74, 6) is -2.01. The highest BCUT2D eigenvalue weighted by atomic mass is 16.4. The molecule has 0 heterocycles. The summed E-state index contributed by atoms with van der Waals surface area (Å²) in [7, 11) is 0. The maximum atomic E-state index is 10.1. The SMILES string of the molecule is C=C(C=CC=CC(=O)O)CC(=O)O. The second kappa shape index (κ2) is 5.77. The van der Waals surface area contributed by atoms with Crippen molar-refractivity contribution in [2.45, 2.75) is 6.42 Å². The number of allylic oxidation sites excluding steroid dienone is 3. The lowest BCUT2D eigenvalue weighted by Gasteiger charge is -1.90. The van der Waals surface area contributed by atoms with Gasteiger partial charge in [-0.1, -0.05) is 24.8 Å². The number of carboxylic acid groups (broad SMARTS) is 2. The van der Waals surface area contributed by atoms with Gasteiger partial charge in [-0.2, -0.15) is 0 Å². The van der Waals surface area contributed by atoms with Gasteiger partial charge in [0, 0.05) is 6.08 Å². The van der Waals surface area contributed by atoms with Gasteiger partial charge in [0.05, 0.1) is 6.42 Å². The molecule has 2 N–H and O–H groups in total. The molecule has 0 aliphatic rings. The fourth-order valence-corrected chi connectivity index (χ4v) is 0.583. The number of hydrogen-bond acceptors (Lipinski definition) is 2. The molecule has 0 saturated carbocycles. The third kappa shape index (κ3) is 8.06. The Labute approximate surface area is 75.5 Å². The zero-order valence-electron chi connectivity index (χ0n) is 6.93. The maximum Gasteiger partial charge on any atom is 0.328 e. The maximum absolute atomic E-state index is 10.1. The zero-order chi connectivity index (χ0) is 10.3. The van der Waals surface area contributed by atoms with Crippen LogP contribution in [-0.2, 0) is 9.59 Å². The van der Waals surface area contributed by atoms with Crippen LogP contribution in [0.15, 0.2) is 36.5 Å². The van der Waals surface area contributed by atoms with E-state index in [1.807, 2.05) is 0 Å². The van der Waals surface area contributed by atoms with Crippen molar-refractivity contribution < 1.29 is 19.8 Å². The van der Waals surface area contributed by atoms with Crippen molar-refractivity contribution in [2.75, 3.05) is 0 Å². The molecule has 0 rings (SSSR count). The predicted molar refractivity (Wildman–Crippen MR) is 47.3 cm³/mol. The van der Waals surface area contributed by atoms with Crippen molar-refractivity contribution in [3.05, 3.63) is 36.5 Å². The Bertz CT molecular complexity index is 273. The van der Waals surface area contributed by atoms with E-state index < -0.39 is 11.9 Å². The molecule has 0 aromatic carbocycles. The Balaban J connectivity index is 3.91. The van der Waals surface area contributed by atoms with Crippen LogP contribution in [0, 0.1) is 0 Å². The van der Waals surface area contributed by atoms with Crippen molar-refractivity contribution in [3.63, 3.8) is 0 Å². The highest BCUT2D eigenvalue weighted by molar-refractivity contribution is 5.80. The molecule has 13 heavy (non-hydrogen) atoms. The minimum atomic E-state index is -1.05. The highest BCUT2D eigenvalue weighted by Gasteiger charge is 1.95. The molecule has 0 unspecified atom stereocenters. The summed E-state index contributed by atoms with van der Waals surface area (Å²) < 4.78 is 0. The lowest BCUT2D eigenvalue weighted by molar-refractivity contribution is -0.136. The summed E-state index contributed by atoms with van der Waals surface area (Å²) in [6.45, 7) is 3.46. The van der Waals surface area contributed by atoms with Crippen LogP contribution >= 0.6 is 0 Å². The molecule has 0 radical (unpaired) electrons. The summed E-state index contributed by atoms with van der Waals surface area (Å²) in [6, 6.07) is 0. The largest absolute Gasteiger partial charge is 0.481 e. The van der Waals surface area contributed by atoms with Gasteiger partial charge in [-0.15, -0.1) is 0 Å². The molecule has 0 fully saturated rings. The third-order valence-corrected chi connectivity index (χ3v) is 1.06. The summed E-state index contributed by atoms with van der Waals surface area (Å²) in [5.41, 5.74) is 0.419. The molecule has 70 valence electrons. The second-order valence-electron chi connectivity index (χ2n) is 2.29. The van der Waals surface area contributed by atoms with Gasteiger partial charge < -0.3 is 10.2 Å². The highest BCUT2D eigenvalue weighted by Crippen LogP contribution is 1.99. The monoisotopic (exact) mass is 182 g/mol. The Morgan fingerprint density at radius 2 is 1.69 bits per heavy atom. The van der Waals surface area contributed by atoms with E-state index in [-0.39, 0.29) is 6.42 Å². The smallest absolute Gasteiger partial charge is 0.328 e. The zero-order valence-corrected chi connectivity index (χ0v) is 6.93. The second-order valence-corrected chi connectivity index (χ2v) is 2.29. The Kier molecular flexibility index (Phi) is 4.95. The molecule has 0 spiro atoms. The molecule has 0 aromatic rings. The fraction of sp³-hybridized carbons (Fsp3) is 0.111. The van der Waals surface area contributed by atoms with Gasteiger partial charge in [0.15, 0.2) is 0 Å². The van der Waals surface area contributed by atoms with E-state index in [2.05, 4.69) is 6.58 Å². The average molecular weight is 182 g/mol. The Morgan fingerprint density at radius 3 is 2.15 bits per heavy atom. The van der Waals surface area contributed by atoms with Crippen LogP contribution in [-0.4, -0.2) is 22.2 Å². The van der Waals surface area contributed by atoms with Gasteiger partial charge >= 0.3 is 11.9 Å². The van der Waals surface area contributed by atoms with Crippen LogP contribution in [0.2, 0.25) is 0 Å². The van der Waals surface area contributed by atoms with Crippen molar-refractivity contribution in [1.82, 2.24) is 0 Å². The van der Waals surface area contributed by atoms with E-state index >= 15 is 0 Å². The quantitative estimate of drug-likeness (QED) is 0.495. The van der Waals surface area contributed by atoms with Crippen LogP contribution in [0.25, 0.3) is 0 Å². The van der Waals surface area contributed by atoms with Crippen molar-refractivity contribution in [3.8, 4) is 0 Å². The number of hydrogen-bond donors (Lipinski definition) is 2. The summed E-state index contributed by atoms with van der Waals surface area (Å²) >= 11 is 0. The number of aliphatic carboxylic acids is 2. The van der Waals surface area contributed by atoms with E-state index in [0.717, 1.165) is 6.08 Å². The Hall–Kier alpha value is -1.84. The molecule has 0 aliphatic carbocycles. The van der Waals surface area contributed by atoms with Crippen molar-refractivity contribution in [2.24, 2.45) is 0 Å². The lowest BCUT2D eigenvalue weighted by Crippen LogP contribution is -1.94. The topological polar surface area (TPSA) is 74.6 Å². The summed E-state index contributed by atoms with van der Waals surface area (Å²) in [6.07, 6.45) is 4.99. The van der Waals surface area contributed by atoms with E-state index in [9.17, 15) is 9.59 Å². The fourth-order valence-electron chi connectivity index (χ4n) is 0.583. The van der Waals surface area contributed by atoms with Crippen molar-refractivity contribution in [1.29, 1.82) is 0 Å². The molecule has 4 nitrogen and oxygen atoms in total. The number of rotatable bonds is 5. The first-order valence-electron chi connectivity index (χ1n) is 3.49. The third-order valence-electron chi connectivity index (χ3n) is 1.06. The van der Waals surface area contributed by atoms with E-state index in [1.54, 1.807) is 0 Å². The molecule has 4 heteroatoms.